The lowest BCUT2D eigenvalue weighted by molar-refractivity contribution is -0.143. The summed E-state index contributed by atoms with van der Waals surface area (Å²) < 4.78 is 30.3. The zero-order chi connectivity index (χ0) is 21.5. The van der Waals surface area contributed by atoms with E-state index in [0.29, 0.717) is 18.3 Å². The minimum Gasteiger partial charge on any atom is -0.464 e. The Bertz CT molecular complexity index is 872. The molecule has 3 unspecified atom stereocenters. The van der Waals surface area contributed by atoms with E-state index in [4.69, 9.17) is 19.7 Å². The van der Waals surface area contributed by atoms with E-state index in [9.17, 15) is 9.36 Å². The van der Waals surface area contributed by atoms with Gasteiger partial charge in [-0.1, -0.05) is 26.7 Å². The number of esters is 1. The van der Waals surface area contributed by atoms with Crippen LogP contribution >= 0.6 is 8.18 Å². The van der Waals surface area contributed by atoms with Crippen molar-refractivity contribution in [3.05, 3.63) is 24.2 Å². The van der Waals surface area contributed by atoms with Crippen molar-refractivity contribution in [1.82, 2.24) is 19.7 Å². The first-order valence-corrected chi connectivity index (χ1v) is 11.6. The Morgan fingerprint density at radius 3 is 2.97 bits per heavy atom. The highest BCUT2D eigenvalue weighted by atomic mass is 31.1. The van der Waals surface area contributed by atoms with Gasteiger partial charge in [-0.3, -0.25) is 9.36 Å². The Morgan fingerprint density at radius 2 is 2.20 bits per heavy atom. The molecular weight excluding hydrogens is 409 g/mol. The lowest BCUT2D eigenvalue weighted by Crippen LogP contribution is -2.23. The van der Waals surface area contributed by atoms with Gasteiger partial charge in [0.15, 0.2) is 5.82 Å². The Hall–Kier alpha value is -2.00. The fourth-order valence-electron chi connectivity index (χ4n) is 3.41. The standard InChI is InChI=1S/C19H30N5O5P/c1-3-13(4-2)10-27-18(25)9-23-30(26)28-11-14-5-8-17(29-14)15-6-7-16-19(20)21-12-22-24(15)16/h6-7,12-14,17,30H,3-5,8-11H2,1-2H3,(H,23,26)(H2,20,21,22). The van der Waals surface area contributed by atoms with Gasteiger partial charge in [-0.05, 0) is 30.9 Å². The quantitative estimate of drug-likeness (QED) is 0.400. The molecule has 1 saturated heterocycles. The van der Waals surface area contributed by atoms with Crippen molar-refractivity contribution in [2.75, 3.05) is 25.5 Å². The monoisotopic (exact) mass is 439 g/mol. The lowest BCUT2D eigenvalue weighted by atomic mass is 10.1. The molecule has 3 atom stereocenters. The van der Waals surface area contributed by atoms with Gasteiger partial charge in [-0.25, -0.2) is 14.6 Å². The fraction of sp³-hybridized carbons (Fsp3) is 0.632. The molecule has 0 aliphatic carbocycles. The second-order valence-corrected chi connectivity index (χ2v) is 8.56. The largest absolute Gasteiger partial charge is 0.464 e. The predicted octanol–water partition coefficient (Wildman–Crippen LogP) is 2.51. The van der Waals surface area contributed by atoms with E-state index in [1.54, 1.807) is 4.52 Å². The maximum Gasteiger partial charge on any atom is 0.320 e. The first kappa shape index (κ1) is 22.7. The molecule has 0 saturated carbocycles. The highest BCUT2D eigenvalue weighted by Crippen LogP contribution is 2.34. The maximum atomic E-state index is 12.0. The number of hydrogen-bond donors (Lipinski definition) is 2. The summed E-state index contributed by atoms with van der Waals surface area (Å²) in [7, 11) is -2.55. The molecule has 30 heavy (non-hydrogen) atoms. The van der Waals surface area contributed by atoms with Crippen molar-refractivity contribution in [2.45, 2.75) is 51.7 Å². The van der Waals surface area contributed by atoms with Crippen molar-refractivity contribution < 1.29 is 23.4 Å². The van der Waals surface area contributed by atoms with Gasteiger partial charge in [0.25, 0.3) is 8.18 Å². The van der Waals surface area contributed by atoms with E-state index in [1.807, 2.05) is 12.1 Å². The molecule has 10 nitrogen and oxygen atoms in total. The van der Waals surface area contributed by atoms with Crippen LogP contribution in [0.15, 0.2) is 18.5 Å². The summed E-state index contributed by atoms with van der Waals surface area (Å²) in [6.45, 7) is 4.56. The third-order valence-corrected chi connectivity index (χ3v) is 6.25. The summed E-state index contributed by atoms with van der Waals surface area (Å²) in [5.41, 5.74) is 7.50. The van der Waals surface area contributed by atoms with Gasteiger partial charge in [-0.15, -0.1) is 0 Å². The third kappa shape index (κ3) is 5.78. The van der Waals surface area contributed by atoms with Crippen LogP contribution < -0.4 is 10.8 Å². The van der Waals surface area contributed by atoms with Crippen molar-refractivity contribution in [3.63, 3.8) is 0 Å². The van der Waals surface area contributed by atoms with Gasteiger partial charge in [0, 0.05) is 0 Å². The average Bonchev–Trinajstić information content (AvgIpc) is 3.39. The number of ether oxygens (including phenoxy) is 2. The van der Waals surface area contributed by atoms with Gasteiger partial charge >= 0.3 is 5.97 Å². The van der Waals surface area contributed by atoms with Gasteiger partial charge in [-0.2, -0.15) is 5.10 Å². The first-order valence-electron chi connectivity index (χ1n) is 10.3. The Kier molecular flexibility index (Phi) is 8.21. The van der Waals surface area contributed by atoms with E-state index in [1.165, 1.54) is 6.33 Å². The number of nitrogen functional groups attached to an aromatic ring is 1. The fourth-order valence-corrected chi connectivity index (χ4v) is 4.14. The number of carbonyl (C=O) groups is 1. The number of nitrogens with one attached hydrogen (secondary N) is 1. The minimum atomic E-state index is -2.55. The van der Waals surface area contributed by atoms with Crippen LogP contribution in [0.25, 0.3) is 5.52 Å². The number of anilines is 1. The van der Waals surface area contributed by atoms with Crippen LogP contribution in [-0.2, 0) is 23.4 Å². The topological polar surface area (TPSA) is 130 Å². The molecule has 0 bridgehead atoms. The van der Waals surface area contributed by atoms with Crippen LogP contribution in [0, 0.1) is 5.92 Å². The molecule has 3 rings (SSSR count). The second-order valence-electron chi connectivity index (χ2n) is 7.34. The predicted molar refractivity (Wildman–Crippen MR) is 112 cm³/mol. The molecule has 3 N–H and O–H groups in total. The molecule has 1 fully saturated rings. The van der Waals surface area contributed by atoms with Gasteiger partial charge in [0.2, 0.25) is 0 Å². The molecule has 3 heterocycles. The number of fused-ring (bicyclic) bond motifs is 1. The Morgan fingerprint density at radius 1 is 1.40 bits per heavy atom. The molecule has 1 aliphatic rings. The van der Waals surface area contributed by atoms with Crippen LogP contribution in [-0.4, -0.2) is 46.4 Å². The van der Waals surface area contributed by atoms with Crippen molar-refractivity contribution in [3.8, 4) is 0 Å². The zero-order valence-corrected chi connectivity index (χ0v) is 18.4. The van der Waals surface area contributed by atoms with Crippen LogP contribution in [0.2, 0.25) is 0 Å². The molecule has 0 amide bonds. The Labute approximate surface area is 176 Å². The lowest BCUT2D eigenvalue weighted by Gasteiger charge is -2.15. The first-order chi connectivity index (χ1) is 14.5. The van der Waals surface area contributed by atoms with Crippen molar-refractivity contribution in [2.24, 2.45) is 5.92 Å². The molecule has 166 valence electrons. The summed E-state index contributed by atoms with van der Waals surface area (Å²) in [6.07, 6.45) is 4.56. The number of rotatable bonds is 11. The van der Waals surface area contributed by atoms with E-state index in [-0.39, 0.29) is 25.4 Å². The van der Waals surface area contributed by atoms with Crippen molar-refractivity contribution >= 4 is 25.5 Å². The average molecular weight is 439 g/mol. The van der Waals surface area contributed by atoms with Gasteiger partial charge in [0.05, 0.1) is 25.0 Å². The second kappa shape index (κ2) is 10.9. The molecule has 0 radical (unpaired) electrons. The van der Waals surface area contributed by atoms with Crippen LogP contribution in [0.5, 0.6) is 0 Å². The van der Waals surface area contributed by atoms with Crippen molar-refractivity contribution in [1.29, 1.82) is 0 Å². The number of nitrogens with two attached hydrogens (primary N) is 1. The molecule has 0 aromatic carbocycles. The number of nitrogens with zero attached hydrogens (tertiary/aromatic N) is 3. The van der Waals surface area contributed by atoms with Gasteiger partial charge in [0.1, 0.15) is 24.5 Å². The zero-order valence-electron chi connectivity index (χ0n) is 17.4. The molecule has 1 aliphatic heterocycles. The molecule has 2 aromatic heterocycles. The summed E-state index contributed by atoms with van der Waals surface area (Å²) in [4.78, 5) is 15.7. The third-order valence-electron chi connectivity index (χ3n) is 5.36. The molecular formula is C19H30N5O5P. The SMILES string of the molecule is CCC(CC)COC(=O)CN[PH](=O)OCC1CCC(c2ccc3c(N)ncnn23)O1. The molecule has 2 aromatic rings. The molecule has 0 spiro atoms. The number of hydrogen-bond acceptors (Lipinski definition) is 8. The maximum absolute atomic E-state index is 12.0. The summed E-state index contributed by atoms with van der Waals surface area (Å²) in [6, 6.07) is 3.79. The number of aromatic nitrogens is 3. The molecule has 11 heteroatoms. The van der Waals surface area contributed by atoms with E-state index in [0.717, 1.165) is 36.9 Å². The summed E-state index contributed by atoms with van der Waals surface area (Å²) in [5, 5.41) is 6.83. The van der Waals surface area contributed by atoms with Crippen LogP contribution in [0.1, 0.15) is 51.3 Å². The smallest absolute Gasteiger partial charge is 0.320 e. The summed E-state index contributed by atoms with van der Waals surface area (Å²) >= 11 is 0. The van der Waals surface area contributed by atoms with Crippen LogP contribution in [0.3, 0.4) is 0 Å². The van der Waals surface area contributed by atoms with E-state index >= 15 is 0 Å². The summed E-state index contributed by atoms with van der Waals surface area (Å²) in [5.74, 6) is 0.343. The number of carbonyl (C=O) groups excluding carboxylic acids is 1. The normalized spacial score (nSPS) is 20.1. The highest BCUT2D eigenvalue weighted by Gasteiger charge is 2.29. The highest BCUT2D eigenvalue weighted by molar-refractivity contribution is 7.36. The minimum absolute atomic E-state index is 0.136. The van der Waals surface area contributed by atoms with E-state index < -0.39 is 14.1 Å². The Balaban J connectivity index is 1.39. The van der Waals surface area contributed by atoms with Crippen LogP contribution in [0.4, 0.5) is 5.82 Å². The van der Waals surface area contributed by atoms with E-state index in [2.05, 4.69) is 29.0 Å². The van der Waals surface area contributed by atoms with Gasteiger partial charge < -0.3 is 19.7 Å².